The van der Waals surface area contributed by atoms with Crippen molar-refractivity contribution in [2.75, 3.05) is 25.1 Å². The van der Waals surface area contributed by atoms with Crippen molar-refractivity contribution >= 4 is 5.69 Å². The molecule has 1 aromatic carbocycles. The molecule has 92 valence electrons. The molecule has 0 unspecified atom stereocenters. The van der Waals surface area contributed by atoms with Crippen molar-refractivity contribution in [3.8, 4) is 5.75 Å². The van der Waals surface area contributed by atoms with Crippen LogP contribution in [0, 0.1) is 0 Å². The topological polar surface area (TPSA) is 38.5 Å². The Morgan fingerprint density at radius 1 is 1.35 bits per heavy atom. The first-order valence-electron chi connectivity index (χ1n) is 6.06. The molecule has 1 atom stereocenters. The van der Waals surface area contributed by atoms with E-state index >= 15 is 0 Å². The van der Waals surface area contributed by atoms with Crippen LogP contribution in [0.25, 0.3) is 0 Å². The van der Waals surface area contributed by atoms with Gasteiger partial charge >= 0.3 is 0 Å². The third-order valence-corrected chi connectivity index (χ3v) is 3.12. The van der Waals surface area contributed by atoms with Gasteiger partial charge in [0.15, 0.2) is 0 Å². The van der Waals surface area contributed by atoms with Crippen LogP contribution in [0.5, 0.6) is 5.75 Å². The summed E-state index contributed by atoms with van der Waals surface area (Å²) >= 11 is 0. The van der Waals surface area contributed by atoms with E-state index in [1.807, 2.05) is 19.1 Å². The maximum Gasteiger partial charge on any atom is 0.125 e. The van der Waals surface area contributed by atoms with E-state index in [0.29, 0.717) is 0 Å². The average molecular weight is 232 g/mol. The molecule has 3 nitrogen and oxygen atoms in total. The molecule has 0 saturated heterocycles. The van der Waals surface area contributed by atoms with Gasteiger partial charge in [-0.25, -0.2) is 0 Å². The van der Waals surface area contributed by atoms with E-state index in [1.165, 1.54) is 5.69 Å². The zero-order valence-electron chi connectivity index (χ0n) is 10.5. The van der Waals surface area contributed by atoms with Crippen LogP contribution >= 0.6 is 0 Å². The first kappa shape index (κ1) is 12.0. The first-order chi connectivity index (χ1) is 8.24. The second-order valence-electron chi connectivity index (χ2n) is 4.39. The standard InChI is InChI=1S/C14H20N2O/c1-11(15)14-12(7-6-8-13(14)17-2)16-9-4-3-5-10-16/h3-4,6-8,11H,5,9-10,15H2,1-2H3/t11-/m1/s1. The molecule has 0 amide bonds. The van der Waals surface area contributed by atoms with Gasteiger partial charge in [-0.2, -0.15) is 0 Å². The van der Waals surface area contributed by atoms with Crippen LogP contribution in [0.2, 0.25) is 0 Å². The third kappa shape index (κ3) is 2.44. The van der Waals surface area contributed by atoms with Crippen molar-refractivity contribution in [2.45, 2.75) is 19.4 Å². The molecule has 17 heavy (non-hydrogen) atoms. The van der Waals surface area contributed by atoms with Gasteiger partial charge in [0.2, 0.25) is 0 Å². The van der Waals surface area contributed by atoms with E-state index < -0.39 is 0 Å². The molecule has 0 saturated carbocycles. The van der Waals surface area contributed by atoms with Crippen molar-refractivity contribution in [2.24, 2.45) is 5.73 Å². The highest BCUT2D eigenvalue weighted by Crippen LogP contribution is 2.34. The molecule has 1 aliphatic rings. The predicted molar refractivity (Wildman–Crippen MR) is 71.6 cm³/mol. The van der Waals surface area contributed by atoms with E-state index in [2.05, 4.69) is 23.1 Å². The van der Waals surface area contributed by atoms with Crippen LogP contribution in [0.15, 0.2) is 30.4 Å². The van der Waals surface area contributed by atoms with Crippen LogP contribution < -0.4 is 15.4 Å². The van der Waals surface area contributed by atoms with Gasteiger partial charge in [-0.05, 0) is 25.5 Å². The van der Waals surface area contributed by atoms with E-state index in [0.717, 1.165) is 30.8 Å². The SMILES string of the molecule is COc1cccc(N2CC=CCC2)c1[C@@H](C)N. The number of anilines is 1. The van der Waals surface area contributed by atoms with E-state index in [4.69, 9.17) is 10.5 Å². The number of ether oxygens (including phenoxy) is 1. The van der Waals surface area contributed by atoms with Crippen LogP contribution in [0.4, 0.5) is 5.69 Å². The molecular weight excluding hydrogens is 212 g/mol. The summed E-state index contributed by atoms with van der Waals surface area (Å²) in [5.41, 5.74) is 8.37. The van der Waals surface area contributed by atoms with E-state index in [9.17, 15) is 0 Å². The normalized spacial score (nSPS) is 17.0. The number of methoxy groups -OCH3 is 1. The Bertz CT molecular complexity index is 413. The zero-order chi connectivity index (χ0) is 12.3. The lowest BCUT2D eigenvalue weighted by molar-refractivity contribution is 0.407. The van der Waals surface area contributed by atoms with E-state index in [1.54, 1.807) is 7.11 Å². The molecule has 2 N–H and O–H groups in total. The highest BCUT2D eigenvalue weighted by Gasteiger charge is 2.17. The van der Waals surface area contributed by atoms with Crippen molar-refractivity contribution in [1.29, 1.82) is 0 Å². The summed E-state index contributed by atoms with van der Waals surface area (Å²) in [6.45, 7) is 4.00. The summed E-state index contributed by atoms with van der Waals surface area (Å²) in [7, 11) is 1.70. The summed E-state index contributed by atoms with van der Waals surface area (Å²) < 4.78 is 5.41. The summed E-state index contributed by atoms with van der Waals surface area (Å²) in [5, 5.41) is 0. The fraction of sp³-hybridized carbons (Fsp3) is 0.429. The molecule has 1 aromatic rings. The van der Waals surface area contributed by atoms with Gasteiger partial charge < -0.3 is 15.4 Å². The Balaban J connectivity index is 2.41. The Labute approximate surface area is 103 Å². The number of hydrogen-bond donors (Lipinski definition) is 1. The largest absolute Gasteiger partial charge is 0.496 e. The minimum Gasteiger partial charge on any atom is -0.496 e. The smallest absolute Gasteiger partial charge is 0.125 e. The molecule has 2 rings (SSSR count). The number of nitrogens with zero attached hydrogens (tertiary/aromatic N) is 1. The van der Waals surface area contributed by atoms with Gasteiger partial charge in [0, 0.05) is 30.4 Å². The monoisotopic (exact) mass is 232 g/mol. The van der Waals surface area contributed by atoms with Gasteiger partial charge in [0.05, 0.1) is 7.11 Å². The zero-order valence-corrected chi connectivity index (χ0v) is 10.5. The third-order valence-electron chi connectivity index (χ3n) is 3.12. The summed E-state index contributed by atoms with van der Waals surface area (Å²) in [4.78, 5) is 2.35. The van der Waals surface area contributed by atoms with Crippen LogP contribution in [-0.2, 0) is 0 Å². The summed E-state index contributed by atoms with van der Waals surface area (Å²) in [6.07, 6.45) is 5.52. The quantitative estimate of drug-likeness (QED) is 0.814. The van der Waals surface area contributed by atoms with Crippen molar-refractivity contribution < 1.29 is 4.74 Å². The highest BCUT2D eigenvalue weighted by molar-refractivity contribution is 5.61. The predicted octanol–water partition coefficient (Wildman–Crippen LogP) is 2.48. The van der Waals surface area contributed by atoms with Crippen molar-refractivity contribution in [1.82, 2.24) is 0 Å². The van der Waals surface area contributed by atoms with Gasteiger partial charge in [-0.15, -0.1) is 0 Å². The fourth-order valence-corrected chi connectivity index (χ4v) is 2.30. The van der Waals surface area contributed by atoms with Gasteiger partial charge in [-0.3, -0.25) is 0 Å². The molecule has 0 fully saturated rings. The Morgan fingerprint density at radius 2 is 2.18 bits per heavy atom. The summed E-state index contributed by atoms with van der Waals surface area (Å²) in [6, 6.07) is 6.10. The lowest BCUT2D eigenvalue weighted by Gasteiger charge is -2.29. The van der Waals surface area contributed by atoms with Gasteiger partial charge in [0.25, 0.3) is 0 Å². The lowest BCUT2D eigenvalue weighted by Crippen LogP contribution is -2.28. The Hall–Kier alpha value is -1.48. The number of rotatable bonds is 3. The average Bonchev–Trinajstić information content (AvgIpc) is 2.38. The van der Waals surface area contributed by atoms with Gasteiger partial charge in [0.1, 0.15) is 5.75 Å². The van der Waals surface area contributed by atoms with E-state index in [-0.39, 0.29) is 6.04 Å². The maximum absolute atomic E-state index is 6.07. The van der Waals surface area contributed by atoms with Crippen LogP contribution in [0.1, 0.15) is 24.9 Å². The summed E-state index contributed by atoms with van der Waals surface area (Å²) in [5.74, 6) is 0.882. The second-order valence-corrected chi connectivity index (χ2v) is 4.39. The minimum absolute atomic E-state index is 0.0212. The highest BCUT2D eigenvalue weighted by atomic mass is 16.5. The molecule has 1 aliphatic heterocycles. The van der Waals surface area contributed by atoms with Crippen LogP contribution in [-0.4, -0.2) is 20.2 Å². The molecule has 0 aromatic heterocycles. The fourth-order valence-electron chi connectivity index (χ4n) is 2.30. The lowest BCUT2D eigenvalue weighted by atomic mass is 10.0. The Kier molecular flexibility index (Phi) is 3.69. The number of benzene rings is 1. The minimum atomic E-state index is -0.0212. The molecule has 0 spiro atoms. The van der Waals surface area contributed by atoms with Crippen LogP contribution in [0.3, 0.4) is 0 Å². The molecule has 0 bridgehead atoms. The maximum atomic E-state index is 6.07. The molecule has 0 radical (unpaired) electrons. The van der Waals surface area contributed by atoms with Crippen molar-refractivity contribution in [3.05, 3.63) is 35.9 Å². The molecular formula is C14H20N2O. The molecule has 3 heteroatoms. The van der Waals surface area contributed by atoms with Gasteiger partial charge in [-0.1, -0.05) is 18.2 Å². The number of hydrogen-bond acceptors (Lipinski definition) is 3. The molecule has 0 aliphatic carbocycles. The molecule has 1 heterocycles. The first-order valence-corrected chi connectivity index (χ1v) is 6.06. The van der Waals surface area contributed by atoms with Crippen molar-refractivity contribution in [3.63, 3.8) is 0 Å². The second kappa shape index (κ2) is 5.23. The Morgan fingerprint density at radius 3 is 2.76 bits per heavy atom. The number of nitrogens with two attached hydrogens (primary N) is 1.